The van der Waals surface area contributed by atoms with Crippen LogP contribution in [0.5, 0.6) is 0 Å². The van der Waals surface area contributed by atoms with Crippen LogP contribution < -0.4 is 10.6 Å². The second-order valence-corrected chi connectivity index (χ2v) is 6.84. The van der Waals surface area contributed by atoms with E-state index < -0.39 is 17.6 Å². The minimum atomic E-state index is -4.46. The van der Waals surface area contributed by atoms with Gasteiger partial charge >= 0.3 is 6.18 Å². The monoisotopic (exact) mass is 357 g/mol. The normalized spacial score (nSPS) is 16.5. The molecule has 3 rings (SSSR count). The second kappa shape index (κ2) is 6.68. The van der Waals surface area contributed by atoms with Gasteiger partial charge < -0.3 is 10.6 Å². The van der Waals surface area contributed by atoms with Gasteiger partial charge in [-0.15, -0.1) is 11.3 Å². The quantitative estimate of drug-likeness (QED) is 0.887. The molecule has 1 aliphatic heterocycles. The van der Waals surface area contributed by atoms with Crippen molar-refractivity contribution in [2.75, 3.05) is 20.1 Å². The van der Waals surface area contributed by atoms with Crippen LogP contribution in [0.4, 0.5) is 13.2 Å². The van der Waals surface area contributed by atoms with Gasteiger partial charge in [0.1, 0.15) is 0 Å². The molecule has 130 valence electrons. The van der Waals surface area contributed by atoms with Crippen molar-refractivity contribution in [1.82, 2.24) is 15.6 Å². The highest BCUT2D eigenvalue weighted by atomic mass is 32.1. The number of aromatic nitrogens is 1. The summed E-state index contributed by atoms with van der Waals surface area (Å²) < 4.78 is 40.3. The molecule has 2 aromatic heterocycles. The number of alkyl halides is 3. The van der Waals surface area contributed by atoms with E-state index in [2.05, 4.69) is 15.6 Å². The number of pyridine rings is 1. The number of thiophene rings is 1. The Labute approximate surface area is 141 Å². The molecule has 0 saturated carbocycles. The van der Waals surface area contributed by atoms with Crippen LogP contribution in [0.2, 0.25) is 0 Å². The zero-order chi connectivity index (χ0) is 17.3. The smallest absolute Gasteiger partial charge is 0.355 e. The van der Waals surface area contributed by atoms with Crippen LogP contribution in [-0.4, -0.2) is 31.0 Å². The summed E-state index contributed by atoms with van der Waals surface area (Å²) in [4.78, 5) is 16.3. The highest BCUT2D eigenvalue weighted by Gasteiger charge is 2.35. The maximum absolute atomic E-state index is 13.4. The molecule has 0 bridgehead atoms. The molecule has 8 heteroatoms. The molecule has 0 unspecified atom stereocenters. The van der Waals surface area contributed by atoms with Gasteiger partial charge in [-0.3, -0.25) is 9.78 Å². The molecule has 4 nitrogen and oxygen atoms in total. The first kappa shape index (κ1) is 17.2. The molecule has 3 heterocycles. The molecule has 1 fully saturated rings. The van der Waals surface area contributed by atoms with Crippen LogP contribution in [0, 0.1) is 5.92 Å². The zero-order valence-electron chi connectivity index (χ0n) is 13.2. The average molecular weight is 357 g/mol. The van der Waals surface area contributed by atoms with Crippen LogP contribution in [0.25, 0.3) is 10.2 Å². The maximum Gasteiger partial charge on any atom is 0.417 e. The third kappa shape index (κ3) is 3.39. The highest BCUT2D eigenvalue weighted by molar-refractivity contribution is 7.17. The Morgan fingerprint density at radius 2 is 2.12 bits per heavy atom. The SMILES string of the molecule is CNC(=O)c1csc2c(C(F)(F)F)cc(CC3CCNCC3)nc12. The standard InChI is InChI=1S/C16H18F3N3OS/c1-20-15(23)11-8-24-14-12(16(17,18)19)7-10(22-13(11)14)6-9-2-4-21-5-3-9/h7-9,21H,2-6H2,1H3,(H,20,23). The number of carbonyl (C=O) groups is 1. The van der Waals surface area contributed by atoms with E-state index in [1.807, 2.05) is 0 Å². The van der Waals surface area contributed by atoms with Crippen molar-refractivity contribution in [1.29, 1.82) is 0 Å². The third-order valence-electron chi connectivity index (χ3n) is 4.31. The molecule has 1 aliphatic rings. The number of rotatable bonds is 3. The van der Waals surface area contributed by atoms with Crippen molar-refractivity contribution >= 4 is 27.5 Å². The fourth-order valence-electron chi connectivity index (χ4n) is 3.05. The minimum absolute atomic E-state index is 0.0233. The summed E-state index contributed by atoms with van der Waals surface area (Å²) in [5.41, 5.74) is 0.0649. The Morgan fingerprint density at radius 1 is 1.42 bits per heavy atom. The molecule has 2 aromatic rings. The molecule has 1 saturated heterocycles. The third-order valence-corrected chi connectivity index (χ3v) is 5.31. The first-order chi connectivity index (χ1) is 11.4. The van der Waals surface area contributed by atoms with Gasteiger partial charge in [-0.1, -0.05) is 0 Å². The van der Waals surface area contributed by atoms with Crippen molar-refractivity contribution in [3.05, 3.63) is 28.3 Å². The molecule has 0 aromatic carbocycles. The molecule has 0 radical (unpaired) electrons. The Balaban J connectivity index is 2.07. The highest BCUT2D eigenvalue weighted by Crippen LogP contribution is 2.39. The number of piperidine rings is 1. The lowest BCUT2D eigenvalue weighted by atomic mass is 9.92. The number of hydrogen-bond acceptors (Lipinski definition) is 4. The predicted molar refractivity (Wildman–Crippen MR) is 87.3 cm³/mol. The molecule has 0 aliphatic carbocycles. The van der Waals surface area contributed by atoms with Gasteiger partial charge in [0.25, 0.3) is 5.91 Å². The van der Waals surface area contributed by atoms with Crippen LogP contribution in [-0.2, 0) is 12.6 Å². The van der Waals surface area contributed by atoms with E-state index >= 15 is 0 Å². The fourth-order valence-corrected chi connectivity index (χ4v) is 4.08. The molecule has 0 spiro atoms. The lowest BCUT2D eigenvalue weighted by Gasteiger charge is -2.22. The van der Waals surface area contributed by atoms with Gasteiger partial charge in [0.05, 0.1) is 21.3 Å². The average Bonchev–Trinajstić information content (AvgIpc) is 2.97. The molecule has 1 amide bonds. The number of nitrogens with zero attached hydrogens (tertiary/aromatic N) is 1. The van der Waals surface area contributed by atoms with Crippen molar-refractivity contribution in [3.8, 4) is 0 Å². The molecular formula is C16H18F3N3OS. The van der Waals surface area contributed by atoms with E-state index in [9.17, 15) is 18.0 Å². The van der Waals surface area contributed by atoms with Crippen LogP contribution in [0.1, 0.15) is 34.5 Å². The van der Waals surface area contributed by atoms with E-state index in [1.54, 1.807) is 0 Å². The van der Waals surface area contributed by atoms with Crippen LogP contribution in [0.3, 0.4) is 0 Å². The number of carbonyl (C=O) groups excluding carboxylic acids is 1. The van der Waals surface area contributed by atoms with Gasteiger partial charge in [0.15, 0.2) is 0 Å². The Kier molecular flexibility index (Phi) is 4.78. The topological polar surface area (TPSA) is 54.0 Å². The van der Waals surface area contributed by atoms with E-state index in [0.29, 0.717) is 18.0 Å². The molecule has 24 heavy (non-hydrogen) atoms. The van der Waals surface area contributed by atoms with Crippen LogP contribution in [0.15, 0.2) is 11.4 Å². The van der Waals surface area contributed by atoms with Crippen molar-refractivity contribution < 1.29 is 18.0 Å². The molecule has 0 atom stereocenters. The van der Waals surface area contributed by atoms with E-state index in [1.165, 1.54) is 12.4 Å². The molecular weight excluding hydrogens is 339 g/mol. The Bertz CT molecular complexity index is 751. The van der Waals surface area contributed by atoms with Gasteiger partial charge in [0, 0.05) is 18.1 Å². The largest absolute Gasteiger partial charge is 0.417 e. The Morgan fingerprint density at radius 3 is 2.75 bits per heavy atom. The lowest BCUT2D eigenvalue weighted by molar-refractivity contribution is -0.136. The number of halogens is 3. The summed E-state index contributed by atoms with van der Waals surface area (Å²) in [7, 11) is 1.45. The predicted octanol–water partition coefficient (Wildman–Crippen LogP) is 3.22. The van der Waals surface area contributed by atoms with Gasteiger partial charge in [-0.05, 0) is 44.3 Å². The first-order valence-electron chi connectivity index (χ1n) is 7.81. The fraction of sp³-hybridized carbons (Fsp3) is 0.500. The summed E-state index contributed by atoms with van der Waals surface area (Å²) in [6.45, 7) is 1.75. The van der Waals surface area contributed by atoms with E-state index in [-0.39, 0.29) is 15.8 Å². The second-order valence-electron chi connectivity index (χ2n) is 5.96. The number of amides is 1. The van der Waals surface area contributed by atoms with E-state index in [4.69, 9.17) is 0 Å². The number of nitrogens with one attached hydrogen (secondary N) is 2. The Hall–Kier alpha value is -1.67. The maximum atomic E-state index is 13.4. The first-order valence-corrected chi connectivity index (χ1v) is 8.69. The van der Waals surface area contributed by atoms with Crippen molar-refractivity contribution in [2.45, 2.75) is 25.4 Å². The lowest BCUT2D eigenvalue weighted by Crippen LogP contribution is -2.29. The summed E-state index contributed by atoms with van der Waals surface area (Å²) in [5.74, 6) is -0.0970. The summed E-state index contributed by atoms with van der Waals surface area (Å²) in [5, 5.41) is 7.14. The summed E-state index contributed by atoms with van der Waals surface area (Å²) in [6.07, 6.45) is -2.11. The van der Waals surface area contributed by atoms with Gasteiger partial charge in [-0.25, -0.2) is 0 Å². The summed E-state index contributed by atoms with van der Waals surface area (Å²) >= 11 is 0.913. The number of hydrogen-bond donors (Lipinski definition) is 2. The van der Waals surface area contributed by atoms with E-state index in [0.717, 1.165) is 43.3 Å². The van der Waals surface area contributed by atoms with Gasteiger partial charge in [0.2, 0.25) is 0 Å². The van der Waals surface area contributed by atoms with Gasteiger partial charge in [-0.2, -0.15) is 13.2 Å². The van der Waals surface area contributed by atoms with Crippen LogP contribution >= 0.6 is 11.3 Å². The minimum Gasteiger partial charge on any atom is -0.355 e. The number of fused-ring (bicyclic) bond motifs is 1. The van der Waals surface area contributed by atoms with Crippen molar-refractivity contribution in [3.63, 3.8) is 0 Å². The zero-order valence-corrected chi connectivity index (χ0v) is 14.0. The summed E-state index contributed by atoms with van der Waals surface area (Å²) in [6, 6.07) is 1.15. The van der Waals surface area contributed by atoms with Crippen molar-refractivity contribution in [2.24, 2.45) is 5.92 Å². The molecule has 2 N–H and O–H groups in total.